The van der Waals surface area contributed by atoms with E-state index in [1.54, 1.807) is 12.1 Å². The molecule has 0 saturated heterocycles. The van der Waals surface area contributed by atoms with Crippen LogP contribution in [0, 0.1) is 8.99 Å². The van der Waals surface area contributed by atoms with Crippen LogP contribution in [0.5, 0.6) is 0 Å². The van der Waals surface area contributed by atoms with Gasteiger partial charge in [-0.2, -0.15) is 0 Å². The predicted molar refractivity (Wildman–Crippen MR) is 80.6 cm³/mol. The van der Waals surface area contributed by atoms with E-state index in [0.29, 0.717) is 17.1 Å². The molecule has 0 saturated carbocycles. The average Bonchev–Trinajstić information content (AvgIpc) is 2.29. The van der Waals surface area contributed by atoms with E-state index in [4.69, 9.17) is 11.6 Å². The van der Waals surface area contributed by atoms with Crippen molar-refractivity contribution < 1.29 is 4.79 Å². The molecule has 0 unspecified atom stereocenters. The summed E-state index contributed by atoms with van der Waals surface area (Å²) in [6.07, 6.45) is 1.03. The largest absolute Gasteiger partial charge is 0.351 e. The van der Waals surface area contributed by atoms with Crippen LogP contribution in [0.4, 0.5) is 0 Å². The van der Waals surface area contributed by atoms with Crippen LogP contribution in [0.3, 0.4) is 0 Å². The van der Waals surface area contributed by atoms with Crippen molar-refractivity contribution in [3.8, 4) is 0 Å². The molecule has 0 bridgehead atoms. The number of halogens is 2. The van der Waals surface area contributed by atoms with Gasteiger partial charge >= 0.3 is 0 Å². The molecule has 0 radical (unpaired) electrons. The highest BCUT2D eigenvalue weighted by Gasteiger charge is 2.17. The van der Waals surface area contributed by atoms with Crippen LogP contribution in [0.25, 0.3) is 0 Å². The summed E-state index contributed by atoms with van der Waals surface area (Å²) in [6.45, 7) is 7.06. The zero-order valence-electron chi connectivity index (χ0n) is 10.3. The monoisotopic (exact) mass is 365 g/mol. The molecule has 0 spiro atoms. The molecule has 0 heterocycles. The van der Waals surface area contributed by atoms with Gasteiger partial charge in [-0.1, -0.05) is 32.4 Å². The number of benzene rings is 1. The third-order valence-electron chi connectivity index (χ3n) is 2.86. The molecule has 1 rings (SSSR count). The van der Waals surface area contributed by atoms with Gasteiger partial charge in [-0.25, -0.2) is 0 Å². The normalized spacial score (nSPS) is 11.4. The van der Waals surface area contributed by atoms with Gasteiger partial charge in [-0.3, -0.25) is 4.79 Å². The molecule has 0 aliphatic carbocycles. The minimum absolute atomic E-state index is 0.0570. The molecule has 4 heteroatoms. The standard InChI is InChI=1S/C13H17ClINO/c1-4-13(2,3)8-16-12(17)10-7-9(14)5-6-11(10)15/h5-7H,4,8H2,1-3H3,(H,16,17). The van der Waals surface area contributed by atoms with Gasteiger partial charge in [-0.15, -0.1) is 0 Å². The second kappa shape index (κ2) is 6.05. The lowest BCUT2D eigenvalue weighted by Gasteiger charge is -2.23. The van der Waals surface area contributed by atoms with Gasteiger partial charge < -0.3 is 5.32 Å². The van der Waals surface area contributed by atoms with Crippen LogP contribution in [0.15, 0.2) is 18.2 Å². The highest BCUT2D eigenvalue weighted by molar-refractivity contribution is 14.1. The van der Waals surface area contributed by atoms with E-state index in [-0.39, 0.29) is 11.3 Å². The van der Waals surface area contributed by atoms with Crippen molar-refractivity contribution in [1.29, 1.82) is 0 Å². The Morgan fingerprint density at radius 3 is 2.71 bits per heavy atom. The topological polar surface area (TPSA) is 29.1 Å². The summed E-state index contributed by atoms with van der Waals surface area (Å²) < 4.78 is 0.916. The van der Waals surface area contributed by atoms with Gasteiger partial charge in [0.15, 0.2) is 0 Å². The van der Waals surface area contributed by atoms with Crippen LogP contribution in [-0.2, 0) is 0 Å². The third kappa shape index (κ3) is 4.47. The Kier molecular flexibility index (Phi) is 5.25. The van der Waals surface area contributed by atoms with Crippen LogP contribution in [-0.4, -0.2) is 12.5 Å². The van der Waals surface area contributed by atoms with Crippen molar-refractivity contribution in [3.05, 3.63) is 32.4 Å². The molecule has 0 aliphatic heterocycles. The lowest BCUT2D eigenvalue weighted by molar-refractivity contribution is 0.0935. The SMILES string of the molecule is CCC(C)(C)CNC(=O)c1cc(Cl)ccc1I. The summed E-state index contributed by atoms with van der Waals surface area (Å²) in [7, 11) is 0. The number of carbonyl (C=O) groups is 1. The summed E-state index contributed by atoms with van der Waals surface area (Å²) in [4.78, 5) is 12.0. The van der Waals surface area contributed by atoms with Crippen molar-refractivity contribution in [1.82, 2.24) is 5.32 Å². The first-order chi connectivity index (χ1) is 7.85. The minimum atomic E-state index is -0.0570. The Bertz CT molecular complexity index is 418. The number of nitrogens with one attached hydrogen (secondary N) is 1. The van der Waals surface area contributed by atoms with Gasteiger partial charge in [0.25, 0.3) is 5.91 Å². The van der Waals surface area contributed by atoms with Gasteiger partial charge in [0, 0.05) is 15.1 Å². The van der Waals surface area contributed by atoms with Crippen molar-refractivity contribution >= 4 is 40.1 Å². The molecule has 2 nitrogen and oxygen atoms in total. The van der Waals surface area contributed by atoms with E-state index in [2.05, 4.69) is 48.7 Å². The Balaban J connectivity index is 2.74. The fourth-order valence-corrected chi connectivity index (χ4v) is 1.96. The zero-order chi connectivity index (χ0) is 13.1. The number of hydrogen-bond donors (Lipinski definition) is 1. The fourth-order valence-electron chi connectivity index (χ4n) is 1.21. The average molecular weight is 366 g/mol. The number of rotatable bonds is 4. The second-order valence-corrected chi connectivity index (χ2v) is 6.42. The Labute approximate surface area is 121 Å². The van der Waals surface area contributed by atoms with Crippen molar-refractivity contribution in [2.75, 3.05) is 6.54 Å². The molecule has 0 fully saturated rings. The maximum Gasteiger partial charge on any atom is 0.252 e. The number of amides is 1. The molecular formula is C13H17ClINO. The van der Waals surface area contributed by atoms with E-state index >= 15 is 0 Å². The van der Waals surface area contributed by atoms with Crippen molar-refractivity contribution in [2.45, 2.75) is 27.2 Å². The first kappa shape index (κ1) is 14.8. The summed E-state index contributed by atoms with van der Waals surface area (Å²) >= 11 is 8.04. The van der Waals surface area contributed by atoms with Crippen molar-refractivity contribution in [3.63, 3.8) is 0 Å². The quantitative estimate of drug-likeness (QED) is 0.799. The fraction of sp³-hybridized carbons (Fsp3) is 0.462. The molecule has 1 aromatic rings. The van der Waals surface area contributed by atoms with Gasteiger partial charge in [-0.05, 0) is 52.6 Å². The van der Waals surface area contributed by atoms with E-state index in [1.165, 1.54) is 0 Å². The van der Waals surface area contributed by atoms with E-state index < -0.39 is 0 Å². The van der Waals surface area contributed by atoms with Crippen molar-refractivity contribution in [2.24, 2.45) is 5.41 Å². The van der Waals surface area contributed by atoms with Crippen LogP contribution in [0.1, 0.15) is 37.6 Å². The lowest BCUT2D eigenvalue weighted by atomic mass is 9.90. The molecule has 1 amide bonds. The maximum atomic E-state index is 12.0. The van der Waals surface area contributed by atoms with Gasteiger partial charge in [0.05, 0.1) is 5.56 Å². The molecular weight excluding hydrogens is 349 g/mol. The van der Waals surface area contributed by atoms with Gasteiger partial charge in [0.1, 0.15) is 0 Å². The Morgan fingerprint density at radius 2 is 2.12 bits per heavy atom. The Morgan fingerprint density at radius 1 is 1.47 bits per heavy atom. The summed E-state index contributed by atoms with van der Waals surface area (Å²) in [5, 5.41) is 3.54. The van der Waals surface area contributed by atoms with E-state index in [9.17, 15) is 4.79 Å². The molecule has 0 atom stereocenters. The first-order valence-electron chi connectivity index (χ1n) is 5.59. The minimum Gasteiger partial charge on any atom is -0.351 e. The summed E-state index contributed by atoms with van der Waals surface area (Å²) in [6, 6.07) is 5.34. The van der Waals surface area contributed by atoms with Crippen LogP contribution < -0.4 is 5.32 Å². The van der Waals surface area contributed by atoms with E-state index in [1.807, 2.05) is 6.07 Å². The summed E-state index contributed by atoms with van der Waals surface area (Å²) in [5.41, 5.74) is 0.768. The molecule has 17 heavy (non-hydrogen) atoms. The predicted octanol–water partition coefficient (Wildman–Crippen LogP) is 4.11. The summed E-state index contributed by atoms with van der Waals surface area (Å²) in [5.74, 6) is -0.0570. The molecule has 94 valence electrons. The van der Waals surface area contributed by atoms with Crippen LogP contribution in [0.2, 0.25) is 5.02 Å². The first-order valence-corrected chi connectivity index (χ1v) is 7.04. The molecule has 0 aliphatic rings. The smallest absolute Gasteiger partial charge is 0.252 e. The Hall–Kier alpha value is -0.290. The zero-order valence-corrected chi connectivity index (χ0v) is 13.2. The molecule has 1 aromatic carbocycles. The maximum absolute atomic E-state index is 12.0. The van der Waals surface area contributed by atoms with Crippen LogP contribution >= 0.6 is 34.2 Å². The van der Waals surface area contributed by atoms with E-state index in [0.717, 1.165) is 9.99 Å². The second-order valence-electron chi connectivity index (χ2n) is 4.82. The molecule has 1 N–H and O–H groups in total. The highest BCUT2D eigenvalue weighted by atomic mass is 127. The van der Waals surface area contributed by atoms with Gasteiger partial charge in [0.2, 0.25) is 0 Å². The number of carbonyl (C=O) groups excluding carboxylic acids is 1. The highest BCUT2D eigenvalue weighted by Crippen LogP contribution is 2.20. The molecule has 0 aromatic heterocycles. The third-order valence-corrected chi connectivity index (χ3v) is 4.03. The lowest BCUT2D eigenvalue weighted by Crippen LogP contribution is -2.33. The number of hydrogen-bond acceptors (Lipinski definition) is 1.